The van der Waals surface area contributed by atoms with Crippen molar-refractivity contribution in [2.45, 2.75) is 0 Å². The summed E-state index contributed by atoms with van der Waals surface area (Å²) in [6.45, 7) is 0. The summed E-state index contributed by atoms with van der Waals surface area (Å²) in [5, 5.41) is 7.45. The normalized spacial score (nSPS) is 11.5. The smallest absolute Gasteiger partial charge is 0.0619 e. The maximum atomic E-state index is 2.49. The molecule has 1 aromatic heterocycles. The summed E-state index contributed by atoms with van der Waals surface area (Å²) in [4.78, 5) is 2.34. The average molecular weight is 587 g/mol. The SMILES string of the molecule is c1ccc(-c2c3ccccc3c(-n3c4ccccc4c4cc(N(c5ccccc5)c5ccccc5)ccc43)c3ccccc23)cc1. The largest absolute Gasteiger partial charge is 0.310 e. The van der Waals surface area contributed by atoms with Gasteiger partial charge in [-0.3, -0.25) is 0 Å². The van der Waals surface area contributed by atoms with Crippen molar-refractivity contribution in [2.75, 3.05) is 4.90 Å². The van der Waals surface area contributed by atoms with Gasteiger partial charge in [0.15, 0.2) is 0 Å². The third kappa shape index (κ3) is 4.12. The average Bonchev–Trinajstić information content (AvgIpc) is 3.45. The Bertz CT molecular complexity index is 2420. The van der Waals surface area contributed by atoms with E-state index in [1.165, 1.54) is 60.2 Å². The van der Waals surface area contributed by atoms with Crippen LogP contribution in [0.2, 0.25) is 0 Å². The van der Waals surface area contributed by atoms with Crippen LogP contribution in [-0.4, -0.2) is 4.57 Å². The lowest BCUT2D eigenvalue weighted by Gasteiger charge is -2.25. The minimum absolute atomic E-state index is 1.13. The van der Waals surface area contributed by atoms with Crippen molar-refractivity contribution in [1.29, 1.82) is 0 Å². The Morgan fingerprint density at radius 1 is 0.326 bits per heavy atom. The Labute approximate surface area is 268 Å². The second kappa shape index (κ2) is 10.8. The maximum Gasteiger partial charge on any atom is 0.0619 e. The highest BCUT2D eigenvalue weighted by Gasteiger charge is 2.21. The Morgan fingerprint density at radius 2 is 0.783 bits per heavy atom. The molecule has 216 valence electrons. The molecule has 0 aliphatic heterocycles. The zero-order valence-corrected chi connectivity index (χ0v) is 25.2. The van der Waals surface area contributed by atoms with Crippen molar-refractivity contribution >= 4 is 60.4 Å². The molecule has 0 fully saturated rings. The summed E-state index contributed by atoms with van der Waals surface area (Å²) in [7, 11) is 0. The van der Waals surface area contributed by atoms with Crippen molar-refractivity contribution < 1.29 is 0 Å². The number of aromatic nitrogens is 1. The minimum atomic E-state index is 1.13. The van der Waals surface area contributed by atoms with Crippen LogP contribution >= 0.6 is 0 Å². The number of hydrogen-bond donors (Lipinski definition) is 0. The molecule has 1 heterocycles. The van der Waals surface area contributed by atoms with Crippen LogP contribution in [-0.2, 0) is 0 Å². The van der Waals surface area contributed by atoms with Gasteiger partial charge in [0.2, 0.25) is 0 Å². The van der Waals surface area contributed by atoms with Gasteiger partial charge in [0.1, 0.15) is 0 Å². The van der Waals surface area contributed by atoms with Crippen molar-refractivity contribution in [2.24, 2.45) is 0 Å². The number of para-hydroxylation sites is 3. The van der Waals surface area contributed by atoms with Gasteiger partial charge in [0, 0.05) is 38.6 Å². The van der Waals surface area contributed by atoms with Crippen LogP contribution in [0.25, 0.3) is 60.2 Å². The molecule has 0 aliphatic rings. The second-order valence-corrected chi connectivity index (χ2v) is 11.7. The van der Waals surface area contributed by atoms with Gasteiger partial charge in [-0.2, -0.15) is 0 Å². The molecular weight excluding hydrogens is 556 g/mol. The molecule has 0 spiro atoms. The first kappa shape index (κ1) is 26.3. The molecular formula is C44H30N2. The van der Waals surface area contributed by atoms with Crippen molar-refractivity contribution in [3.8, 4) is 16.8 Å². The predicted octanol–water partition coefficient (Wildman–Crippen LogP) is 12.2. The Hall–Kier alpha value is -6.12. The molecule has 2 nitrogen and oxygen atoms in total. The van der Waals surface area contributed by atoms with Gasteiger partial charge in [-0.1, -0.05) is 133 Å². The Balaban J connectivity index is 1.37. The third-order valence-electron chi connectivity index (χ3n) is 9.13. The van der Waals surface area contributed by atoms with Gasteiger partial charge < -0.3 is 9.47 Å². The summed E-state index contributed by atoms with van der Waals surface area (Å²) in [5.74, 6) is 0. The zero-order valence-electron chi connectivity index (χ0n) is 25.2. The number of nitrogens with zero attached hydrogens (tertiary/aromatic N) is 2. The van der Waals surface area contributed by atoms with E-state index in [4.69, 9.17) is 0 Å². The van der Waals surface area contributed by atoms with Crippen LogP contribution in [0.3, 0.4) is 0 Å². The van der Waals surface area contributed by atoms with Gasteiger partial charge in [0.05, 0.1) is 16.7 Å². The fraction of sp³-hybridized carbons (Fsp3) is 0. The van der Waals surface area contributed by atoms with Gasteiger partial charge in [-0.15, -0.1) is 0 Å². The standard InChI is InChI=1S/C44H30N2/c1-4-16-31(17-5-1)43-36-23-10-12-25-38(36)44(39-26-13-11-24-37(39)43)46-41-27-15-14-22-35(41)40-30-34(28-29-42(40)46)45(32-18-6-2-7-19-32)33-20-8-3-9-21-33/h1-30H. The molecule has 0 aliphatic carbocycles. The van der Waals surface area contributed by atoms with Crippen LogP contribution in [0.1, 0.15) is 0 Å². The van der Waals surface area contributed by atoms with E-state index in [0.29, 0.717) is 0 Å². The summed E-state index contributed by atoms with van der Waals surface area (Å²) >= 11 is 0. The Kier molecular flexibility index (Phi) is 6.17. The summed E-state index contributed by atoms with van der Waals surface area (Å²) in [5.41, 5.74) is 9.50. The molecule has 2 heteroatoms. The first-order valence-electron chi connectivity index (χ1n) is 15.8. The van der Waals surface area contributed by atoms with E-state index >= 15 is 0 Å². The molecule has 0 saturated heterocycles. The molecule has 8 aromatic carbocycles. The number of benzene rings is 8. The van der Waals surface area contributed by atoms with Crippen LogP contribution < -0.4 is 4.90 Å². The number of hydrogen-bond acceptors (Lipinski definition) is 1. The molecule has 0 amide bonds. The predicted molar refractivity (Wildman–Crippen MR) is 196 cm³/mol. The Morgan fingerprint density at radius 3 is 1.37 bits per heavy atom. The molecule has 0 saturated carbocycles. The fourth-order valence-electron chi connectivity index (χ4n) is 7.20. The van der Waals surface area contributed by atoms with E-state index in [-0.39, 0.29) is 0 Å². The van der Waals surface area contributed by atoms with Crippen molar-refractivity contribution in [3.05, 3.63) is 182 Å². The van der Waals surface area contributed by atoms with Crippen LogP contribution in [0, 0.1) is 0 Å². The molecule has 9 aromatic rings. The van der Waals surface area contributed by atoms with Gasteiger partial charge >= 0.3 is 0 Å². The first-order valence-corrected chi connectivity index (χ1v) is 15.8. The molecule has 0 bridgehead atoms. The summed E-state index contributed by atoms with van der Waals surface area (Å²) in [6.07, 6.45) is 0. The van der Waals surface area contributed by atoms with Crippen molar-refractivity contribution in [3.63, 3.8) is 0 Å². The molecule has 0 unspecified atom stereocenters. The van der Waals surface area contributed by atoms with Crippen LogP contribution in [0.4, 0.5) is 17.1 Å². The topological polar surface area (TPSA) is 8.17 Å². The van der Waals surface area contributed by atoms with Crippen LogP contribution in [0.5, 0.6) is 0 Å². The van der Waals surface area contributed by atoms with E-state index in [0.717, 1.165) is 17.1 Å². The quantitative estimate of drug-likeness (QED) is 0.182. The van der Waals surface area contributed by atoms with Crippen molar-refractivity contribution in [1.82, 2.24) is 4.57 Å². The van der Waals surface area contributed by atoms with Gasteiger partial charge in [-0.05, 0) is 70.4 Å². The zero-order chi connectivity index (χ0) is 30.5. The first-order chi connectivity index (χ1) is 22.9. The summed E-state index contributed by atoms with van der Waals surface area (Å²) in [6, 6.07) is 65.6. The van der Waals surface area contributed by atoms with Gasteiger partial charge in [0.25, 0.3) is 0 Å². The minimum Gasteiger partial charge on any atom is -0.310 e. The second-order valence-electron chi connectivity index (χ2n) is 11.7. The highest BCUT2D eigenvalue weighted by molar-refractivity contribution is 6.21. The molecule has 0 radical (unpaired) electrons. The lowest BCUT2D eigenvalue weighted by atomic mass is 9.90. The van der Waals surface area contributed by atoms with Gasteiger partial charge in [-0.25, -0.2) is 0 Å². The number of anilines is 3. The van der Waals surface area contributed by atoms with E-state index in [1.54, 1.807) is 0 Å². The molecule has 0 atom stereocenters. The number of fused-ring (bicyclic) bond motifs is 5. The summed E-state index contributed by atoms with van der Waals surface area (Å²) < 4.78 is 2.49. The van der Waals surface area contributed by atoms with Crippen LogP contribution in [0.15, 0.2) is 182 Å². The van der Waals surface area contributed by atoms with E-state index in [2.05, 4.69) is 191 Å². The lowest BCUT2D eigenvalue weighted by Crippen LogP contribution is -2.09. The monoisotopic (exact) mass is 586 g/mol. The molecule has 0 N–H and O–H groups in total. The van der Waals surface area contributed by atoms with E-state index in [1.807, 2.05) is 0 Å². The van der Waals surface area contributed by atoms with E-state index in [9.17, 15) is 0 Å². The maximum absolute atomic E-state index is 2.49. The lowest BCUT2D eigenvalue weighted by molar-refractivity contribution is 1.21. The highest BCUT2D eigenvalue weighted by Crippen LogP contribution is 2.45. The molecule has 46 heavy (non-hydrogen) atoms. The number of rotatable bonds is 5. The molecule has 9 rings (SSSR count). The fourth-order valence-corrected chi connectivity index (χ4v) is 7.20. The highest BCUT2D eigenvalue weighted by atomic mass is 15.1. The van der Waals surface area contributed by atoms with E-state index < -0.39 is 0 Å². The third-order valence-corrected chi connectivity index (χ3v) is 9.13.